The van der Waals surface area contributed by atoms with E-state index in [2.05, 4.69) is 24.2 Å². The molecule has 24 heavy (non-hydrogen) atoms. The fraction of sp³-hybridized carbons (Fsp3) is 0.176. The van der Waals surface area contributed by atoms with Crippen molar-refractivity contribution in [3.8, 4) is 11.3 Å². The average molecular weight is 353 g/mol. The van der Waals surface area contributed by atoms with Crippen LogP contribution in [0.15, 0.2) is 41.4 Å². The zero-order chi connectivity index (χ0) is 16.7. The molecule has 3 aromatic rings. The van der Waals surface area contributed by atoms with Crippen LogP contribution in [0.3, 0.4) is 0 Å². The highest BCUT2D eigenvalue weighted by Crippen LogP contribution is 2.34. The first kappa shape index (κ1) is 15.7. The number of thiophene rings is 1. The van der Waals surface area contributed by atoms with Gasteiger partial charge in [0.25, 0.3) is 0 Å². The Kier molecular flexibility index (Phi) is 4.08. The van der Waals surface area contributed by atoms with Gasteiger partial charge in [-0.15, -0.1) is 0 Å². The van der Waals surface area contributed by atoms with E-state index in [1.807, 2.05) is 41.8 Å². The Morgan fingerprint density at radius 3 is 3.00 bits per heavy atom. The maximum atomic E-state index is 11.6. The van der Waals surface area contributed by atoms with E-state index in [1.54, 1.807) is 6.26 Å². The predicted molar refractivity (Wildman–Crippen MR) is 103 cm³/mol. The number of nitrogens with zero attached hydrogens (tertiary/aromatic N) is 2. The molecule has 0 saturated heterocycles. The zero-order valence-corrected chi connectivity index (χ0v) is 15.1. The Bertz CT molecular complexity index is 911. The summed E-state index contributed by atoms with van der Waals surface area (Å²) in [7, 11) is 2.14. The highest BCUT2D eigenvalue weighted by atomic mass is 32.2. The van der Waals surface area contributed by atoms with Crippen LogP contribution in [-0.4, -0.2) is 28.6 Å². The Morgan fingerprint density at radius 2 is 2.17 bits per heavy atom. The van der Waals surface area contributed by atoms with Crippen LogP contribution >= 0.6 is 11.3 Å². The van der Waals surface area contributed by atoms with Crippen LogP contribution in [0.2, 0.25) is 0 Å². The van der Waals surface area contributed by atoms with E-state index in [-0.39, 0.29) is 0 Å². The fourth-order valence-corrected chi connectivity index (χ4v) is 4.56. The number of aryl methyl sites for hydroxylation is 2. The molecule has 1 N–H and O–H groups in total. The molecule has 1 aliphatic carbocycles. The van der Waals surface area contributed by atoms with Gasteiger partial charge in [0, 0.05) is 28.4 Å². The van der Waals surface area contributed by atoms with Gasteiger partial charge in [-0.1, -0.05) is 6.07 Å². The monoisotopic (exact) mass is 353 g/mol. The normalized spacial score (nSPS) is 13.9. The molecule has 0 saturated carbocycles. The highest BCUT2D eigenvalue weighted by molar-refractivity contribution is 7.90. The number of fused-ring (bicyclic) bond motifs is 3. The molecule has 7 heteroatoms. The summed E-state index contributed by atoms with van der Waals surface area (Å²) in [5, 5.41) is 3.23. The number of hydrogen-bond donors (Lipinski definition) is 1. The summed E-state index contributed by atoms with van der Waals surface area (Å²) in [5.41, 5.74) is 4.33. The second-order valence-electron chi connectivity index (χ2n) is 5.87. The van der Waals surface area contributed by atoms with Gasteiger partial charge in [-0.2, -0.15) is 11.3 Å². The molecule has 2 aromatic heterocycles. The van der Waals surface area contributed by atoms with Crippen molar-refractivity contribution in [3.05, 3.63) is 47.0 Å². The van der Waals surface area contributed by atoms with Gasteiger partial charge >= 0.3 is 0 Å². The maximum absolute atomic E-state index is 11.6. The average Bonchev–Trinajstić information content (AvgIpc) is 2.96. The molecule has 4 rings (SSSR count). The van der Waals surface area contributed by atoms with Crippen LogP contribution in [-0.2, 0) is 24.0 Å². The zero-order valence-electron chi connectivity index (χ0n) is 13.5. The summed E-state index contributed by atoms with van der Waals surface area (Å²) >= 11 is 0.849. The molecular formula is C17H16BN3OS2. The predicted octanol–water partition coefficient (Wildman–Crippen LogP) is 2.04. The van der Waals surface area contributed by atoms with E-state index in [4.69, 9.17) is 4.98 Å². The van der Waals surface area contributed by atoms with E-state index < -0.39 is 11.2 Å². The second-order valence-corrected chi connectivity index (χ2v) is 8.59. The van der Waals surface area contributed by atoms with Crippen molar-refractivity contribution in [2.45, 2.75) is 17.7 Å². The number of nitrogens with one attached hydrogen (secondary N) is 1. The number of anilines is 2. The molecule has 4 nitrogen and oxygen atoms in total. The van der Waals surface area contributed by atoms with Crippen LogP contribution < -0.4 is 10.1 Å². The van der Waals surface area contributed by atoms with E-state index in [0.29, 0.717) is 5.95 Å². The van der Waals surface area contributed by atoms with E-state index in [1.165, 1.54) is 20.8 Å². The van der Waals surface area contributed by atoms with Gasteiger partial charge in [-0.05, 0) is 52.6 Å². The fourth-order valence-electron chi connectivity index (χ4n) is 2.96. The molecule has 0 radical (unpaired) electrons. The summed E-state index contributed by atoms with van der Waals surface area (Å²) in [4.78, 5) is 11.4. The van der Waals surface area contributed by atoms with Gasteiger partial charge in [-0.3, -0.25) is 0 Å². The van der Waals surface area contributed by atoms with Gasteiger partial charge in [0.05, 0.1) is 5.69 Å². The third kappa shape index (κ3) is 2.95. The van der Waals surface area contributed by atoms with E-state index in [9.17, 15) is 4.55 Å². The van der Waals surface area contributed by atoms with E-state index >= 15 is 0 Å². The molecular weight excluding hydrogens is 337 g/mol. The number of benzene rings is 1. The summed E-state index contributed by atoms with van der Waals surface area (Å²) in [6.07, 6.45) is 5.66. The minimum Gasteiger partial charge on any atom is -0.612 e. The van der Waals surface area contributed by atoms with Crippen molar-refractivity contribution >= 4 is 46.8 Å². The lowest BCUT2D eigenvalue weighted by Crippen LogP contribution is -2.07. The van der Waals surface area contributed by atoms with Gasteiger partial charge in [0.15, 0.2) is 12.7 Å². The second kappa shape index (κ2) is 6.24. The summed E-state index contributed by atoms with van der Waals surface area (Å²) in [5.74, 6) is 0.574. The van der Waals surface area contributed by atoms with Crippen molar-refractivity contribution in [2.75, 3.05) is 11.6 Å². The first-order valence-electron chi connectivity index (χ1n) is 7.76. The topological polar surface area (TPSA) is 60.9 Å². The molecule has 0 fully saturated rings. The summed E-state index contributed by atoms with van der Waals surface area (Å²) in [6, 6.07) is 9.77. The van der Waals surface area contributed by atoms with E-state index in [0.717, 1.165) is 29.1 Å². The third-order valence-corrected chi connectivity index (χ3v) is 6.12. The molecule has 120 valence electrons. The number of rotatable bonds is 3. The first-order valence-corrected chi connectivity index (χ1v) is 10.1. The SMILES string of the molecule is Bc1cc2c(s1)CCc1cnc(Nc3cccc([S+](C)[O-])c3)nc1-2. The molecule has 1 atom stereocenters. The van der Waals surface area contributed by atoms with Crippen LogP contribution in [0.1, 0.15) is 10.4 Å². The molecule has 2 heterocycles. The summed E-state index contributed by atoms with van der Waals surface area (Å²) in [6.45, 7) is 0. The van der Waals surface area contributed by atoms with Gasteiger partial charge in [-0.25, -0.2) is 9.97 Å². The largest absolute Gasteiger partial charge is 0.612 e. The molecule has 1 aromatic carbocycles. The first-order chi connectivity index (χ1) is 11.6. The minimum absolute atomic E-state index is 0.574. The van der Waals surface area contributed by atoms with Crippen LogP contribution in [0.5, 0.6) is 0 Å². The van der Waals surface area contributed by atoms with Gasteiger partial charge in [0.2, 0.25) is 5.95 Å². The number of aromatic nitrogens is 2. The van der Waals surface area contributed by atoms with Gasteiger partial charge in [0.1, 0.15) is 6.26 Å². The third-order valence-electron chi connectivity index (χ3n) is 4.10. The lowest BCUT2D eigenvalue weighted by Gasteiger charge is -2.16. The molecule has 0 aliphatic heterocycles. The minimum atomic E-state index is -1.01. The van der Waals surface area contributed by atoms with Gasteiger partial charge < -0.3 is 9.87 Å². The van der Waals surface area contributed by atoms with Crippen molar-refractivity contribution in [1.82, 2.24) is 9.97 Å². The lowest BCUT2D eigenvalue weighted by atomic mass is 9.95. The van der Waals surface area contributed by atoms with Crippen LogP contribution in [0.25, 0.3) is 11.3 Å². The number of hydrogen-bond acceptors (Lipinski definition) is 5. The Morgan fingerprint density at radius 1 is 1.29 bits per heavy atom. The smallest absolute Gasteiger partial charge is 0.227 e. The van der Waals surface area contributed by atoms with Crippen molar-refractivity contribution in [3.63, 3.8) is 0 Å². The molecule has 1 unspecified atom stereocenters. The Balaban J connectivity index is 1.68. The Labute approximate surface area is 149 Å². The maximum Gasteiger partial charge on any atom is 0.227 e. The standard InChI is InChI=1S/C17H16BN3OS2/c1-24(22)12-4-2-3-11(7-12)20-17-19-9-10-5-6-14-13(16(10)21-17)8-15(18)23-14/h2-4,7-9H,5-6,18H2,1H3,(H,19,20,21). The van der Waals surface area contributed by atoms with Crippen LogP contribution in [0, 0.1) is 0 Å². The molecule has 0 spiro atoms. The molecule has 0 bridgehead atoms. The Hall–Kier alpha value is -1.83. The van der Waals surface area contributed by atoms with Crippen molar-refractivity contribution in [2.24, 2.45) is 0 Å². The molecule has 0 amide bonds. The lowest BCUT2D eigenvalue weighted by molar-refractivity contribution is 0.601. The van der Waals surface area contributed by atoms with Crippen molar-refractivity contribution in [1.29, 1.82) is 0 Å². The summed E-state index contributed by atoms with van der Waals surface area (Å²) < 4.78 is 13.0. The van der Waals surface area contributed by atoms with Crippen molar-refractivity contribution < 1.29 is 4.55 Å². The molecule has 1 aliphatic rings. The quantitative estimate of drug-likeness (QED) is 0.578. The highest BCUT2D eigenvalue weighted by Gasteiger charge is 2.20. The van der Waals surface area contributed by atoms with Crippen LogP contribution in [0.4, 0.5) is 11.6 Å².